The molecule has 1 unspecified atom stereocenters. The Balaban J connectivity index is 2.34. The molecule has 2 nitrogen and oxygen atoms in total. The van der Waals surface area contributed by atoms with Gasteiger partial charge in [-0.1, -0.05) is 23.7 Å². The molecule has 14 heavy (non-hydrogen) atoms. The normalized spacial score (nSPS) is 20.0. The standard InChI is InChI=1S/C11H15ClN2/c12-10-3-1-2-9-8(4-6-13)5-7-14-11(9)10/h1-3,8,14H,4-7,13H2. The average Bonchev–Trinajstić information content (AvgIpc) is 2.20. The molecule has 0 radical (unpaired) electrons. The Morgan fingerprint density at radius 3 is 3.14 bits per heavy atom. The minimum atomic E-state index is 0.579. The first-order valence-electron chi connectivity index (χ1n) is 5.05. The number of hydrogen-bond donors (Lipinski definition) is 2. The molecule has 0 fully saturated rings. The van der Waals surface area contributed by atoms with Crippen molar-refractivity contribution in [2.24, 2.45) is 5.73 Å². The molecular weight excluding hydrogens is 196 g/mol. The van der Waals surface area contributed by atoms with Gasteiger partial charge in [0.1, 0.15) is 0 Å². The van der Waals surface area contributed by atoms with E-state index in [1.54, 1.807) is 0 Å². The molecule has 2 rings (SSSR count). The highest BCUT2D eigenvalue weighted by molar-refractivity contribution is 6.33. The Kier molecular flexibility index (Phi) is 2.94. The van der Waals surface area contributed by atoms with Gasteiger partial charge in [-0.05, 0) is 36.9 Å². The van der Waals surface area contributed by atoms with Crippen molar-refractivity contribution in [3.8, 4) is 0 Å². The van der Waals surface area contributed by atoms with E-state index in [-0.39, 0.29) is 0 Å². The molecule has 1 aliphatic heterocycles. The zero-order chi connectivity index (χ0) is 9.97. The maximum Gasteiger partial charge on any atom is 0.0640 e. The van der Waals surface area contributed by atoms with Gasteiger partial charge in [0.15, 0.2) is 0 Å². The lowest BCUT2D eigenvalue weighted by molar-refractivity contribution is 0.586. The molecule has 3 heteroatoms. The maximum atomic E-state index is 6.11. The highest BCUT2D eigenvalue weighted by Gasteiger charge is 2.20. The number of fused-ring (bicyclic) bond motifs is 1. The molecule has 1 heterocycles. The van der Waals surface area contributed by atoms with Crippen LogP contribution in [0.25, 0.3) is 0 Å². The summed E-state index contributed by atoms with van der Waals surface area (Å²) in [5.41, 5.74) is 8.04. The number of para-hydroxylation sites is 1. The number of benzene rings is 1. The van der Waals surface area contributed by atoms with Crippen LogP contribution in [0.5, 0.6) is 0 Å². The number of halogens is 1. The fourth-order valence-electron chi connectivity index (χ4n) is 2.10. The van der Waals surface area contributed by atoms with E-state index in [0.717, 1.165) is 36.6 Å². The van der Waals surface area contributed by atoms with Crippen LogP contribution in [0.3, 0.4) is 0 Å². The van der Waals surface area contributed by atoms with Crippen molar-refractivity contribution < 1.29 is 0 Å². The summed E-state index contributed by atoms with van der Waals surface area (Å²) < 4.78 is 0. The second-order valence-electron chi connectivity index (χ2n) is 3.69. The van der Waals surface area contributed by atoms with E-state index >= 15 is 0 Å². The Hall–Kier alpha value is -0.730. The van der Waals surface area contributed by atoms with Crippen molar-refractivity contribution in [1.82, 2.24) is 0 Å². The quantitative estimate of drug-likeness (QED) is 0.788. The second kappa shape index (κ2) is 4.20. The van der Waals surface area contributed by atoms with Crippen molar-refractivity contribution in [3.05, 3.63) is 28.8 Å². The van der Waals surface area contributed by atoms with Crippen LogP contribution in [-0.4, -0.2) is 13.1 Å². The first-order valence-corrected chi connectivity index (χ1v) is 5.43. The van der Waals surface area contributed by atoms with E-state index in [9.17, 15) is 0 Å². The molecule has 1 aromatic rings. The third kappa shape index (κ3) is 1.72. The van der Waals surface area contributed by atoms with Crippen molar-refractivity contribution in [3.63, 3.8) is 0 Å². The van der Waals surface area contributed by atoms with Crippen molar-refractivity contribution in [2.45, 2.75) is 18.8 Å². The van der Waals surface area contributed by atoms with Crippen LogP contribution < -0.4 is 11.1 Å². The predicted molar refractivity (Wildman–Crippen MR) is 61.0 cm³/mol. The van der Waals surface area contributed by atoms with Gasteiger partial charge in [0.05, 0.1) is 10.7 Å². The summed E-state index contributed by atoms with van der Waals surface area (Å²) in [6.07, 6.45) is 2.21. The van der Waals surface area contributed by atoms with E-state index in [2.05, 4.69) is 11.4 Å². The SMILES string of the molecule is NCCC1CCNc2c(Cl)cccc21. The first kappa shape index (κ1) is 9.81. The summed E-state index contributed by atoms with van der Waals surface area (Å²) in [4.78, 5) is 0. The molecule has 1 atom stereocenters. The van der Waals surface area contributed by atoms with Crippen LogP contribution in [0, 0.1) is 0 Å². The summed E-state index contributed by atoms with van der Waals surface area (Å²) >= 11 is 6.11. The molecule has 0 saturated carbocycles. The van der Waals surface area contributed by atoms with E-state index in [1.807, 2.05) is 12.1 Å². The number of nitrogens with one attached hydrogen (secondary N) is 1. The van der Waals surface area contributed by atoms with Gasteiger partial charge in [-0.3, -0.25) is 0 Å². The van der Waals surface area contributed by atoms with E-state index in [1.165, 1.54) is 5.56 Å². The molecule has 0 amide bonds. The first-order chi connectivity index (χ1) is 6.83. The van der Waals surface area contributed by atoms with Gasteiger partial charge in [0.25, 0.3) is 0 Å². The Morgan fingerprint density at radius 1 is 1.50 bits per heavy atom. The lowest BCUT2D eigenvalue weighted by atomic mass is 9.88. The van der Waals surface area contributed by atoms with Gasteiger partial charge in [-0.2, -0.15) is 0 Å². The van der Waals surface area contributed by atoms with Crippen molar-refractivity contribution in [1.29, 1.82) is 0 Å². The fraction of sp³-hybridized carbons (Fsp3) is 0.455. The van der Waals surface area contributed by atoms with Crippen LogP contribution >= 0.6 is 11.6 Å². The summed E-state index contributed by atoms with van der Waals surface area (Å²) in [5.74, 6) is 0.579. The minimum absolute atomic E-state index is 0.579. The number of hydrogen-bond acceptors (Lipinski definition) is 2. The minimum Gasteiger partial charge on any atom is -0.384 e. The zero-order valence-corrected chi connectivity index (χ0v) is 8.85. The van der Waals surface area contributed by atoms with Gasteiger partial charge in [-0.15, -0.1) is 0 Å². The predicted octanol–water partition coefficient (Wildman–Crippen LogP) is 2.59. The topological polar surface area (TPSA) is 38.0 Å². The van der Waals surface area contributed by atoms with E-state index in [4.69, 9.17) is 17.3 Å². The van der Waals surface area contributed by atoms with Crippen LogP contribution in [0.1, 0.15) is 24.3 Å². The average molecular weight is 211 g/mol. The molecule has 0 aliphatic carbocycles. The second-order valence-corrected chi connectivity index (χ2v) is 4.10. The van der Waals surface area contributed by atoms with Gasteiger partial charge < -0.3 is 11.1 Å². The molecule has 1 aliphatic rings. The smallest absolute Gasteiger partial charge is 0.0640 e. The summed E-state index contributed by atoms with van der Waals surface area (Å²) in [6.45, 7) is 1.75. The van der Waals surface area contributed by atoms with Gasteiger partial charge in [-0.25, -0.2) is 0 Å². The monoisotopic (exact) mass is 210 g/mol. The Labute approximate surface area is 89.4 Å². The van der Waals surface area contributed by atoms with Crippen LogP contribution in [0.15, 0.2) is 18.2 Å². The Morgan fingerprint density at radius 2 is 2.36 bits per heavy atom. The van der Waals surface area contributed by atoms with E-state index in [0.29, 0.717) is 5.92 Å². The molecule has 0 spiro atoms. The highest BCUT2D eigenvalue weighted by Crippen LogP contribution is 2.37. The van der Waals surface area contributed by atoms with Crippen molar-refractivity contribution in [2.75, 3.05) is 18.4 Å². The largest absolute Gasteiger partial charge is 0.384 e. The zero-order valence-electron chi connectivity index (χ0n) is 8.09. The number of anilines is 1. The Bertz CT molecular complexity index is 325. The van der Waals surface area contributed by atoms with Gasteiger partial charge in [0, 0.05) is 6.54 Å². The highest BCUT2D eigenvalue weighted by atomic mass is 35.5. The van der Waals surface area contributed by atoms with Gasteiger partial charge >= 0.3 is 0 Å². The third-order valence-electron chi connectivity index (χ3n) is 2.80. The lowest BCUT2D eigenvalue weighted by Gasteiger charge is -2.27. The third-order valence-corrected chi connectivity index (χ3v) is 3.11. The maximum absolute atomic E-state index is 6.11. The van der Waals surface area contributed by atoms with Crippen molar-refractivity contribution >= 4 is 17.3 Å². The van der Waals surface area contributed by atoms with Gasteiger partial charge in [0.2, 0.25) is 0 Å². The van der Waals surface area contributed by atoms with E-state index < -0.39 is 0 Å². The van der Waals surface area contributed by atoms with Crippen LogP contribution in [0.4, 0.5) is 5.69 Å². The molecule has 76 valence electrons. The number of rotatable bonds is 2. The molecule has 1 aromatic carbocycles. The number of nitrogens with two attached hydrogens (primary N) is 1. The molecule has 0 bridgehead atoms. The lowest BCUT2D eigenvalue weighted by Crippen LogP contribution is -2.19. The fourth-order valence-corrected chi connectivity index (χ4v) is 2.34. The molecule has 0 saturated heterocycles. The summed E-state index contributed by atoms with van der Waals surface area (Å²) in [5, 5.41) is 4.17. The summed E-state index contributed by atoms with van der Waals surface area (Å²) in [6, 6.07) is 6.09. The summed E-state index contributed by atoms with van der Waals surface area (Å²) in [7, 11) is 0. The van der Waals surface area contributed by atoms with Crippen LogP contribution in [-0.2, 0) is 0 Å². The molecule has 0 aromatic heterocycles. The van der Waals surface area contributed by atoms with Crippen LogP contribution in [0.2, 0.25) is 5.02 Å². The molecule has 3 N–H and O–H groups in total. The molecular formula is C11H15ClN2.